The third-order valence-corrected chi connectivity index (χ3v) is 9.87. The maximum atomic E-state index is 13.6. The van der Waals surface area contributed by atoms with Gasteiger partial charge in [0, 0.05) is 67.0 Å². The topological polar surface area (TPSA) is 242 Å². The zero-order valence-electron chi connectivity index (χ0n) is 31.4. The van der Waals surface area contributed by atoms with E-state index in [-0.39, 0.29) is 78.3 Å². The van der Waals surface area contributed by atoms with Gasteiger partial charge in [0.15, 0.2) is 6.29 Å². The molecular weight excluding hydrogens is 745 g/mol. The number of unbranched alkanes of at least 4 members (excludes halogenated alkanes) is 1. The largest absolute Gasteiger partial charge is 0.433 e. The average Bonchev–Trinajstić information content (AvgIpc) is 3.20. The van der Waals surface area contributed by atoms with Gasteiger partial charge in [-0.15, -0.1) is 0 Å². The number of pyridine rings is 1. The summed E-state index contributed by atoms with van der Waals surface area (Å²) in [7, 11) is 1.41. The number of carbonyl (C=O) groups excluding carboxylic acids is 6. The van der Waals surface area contributed by atoms with Crippen LogP contribution in [0.3, 0.4) is 0 Å². The van der Waals surface area contributed by atoms with E-state index in [2.05, 4.69) is 15.6 Å². The number of hydrogen-bond donors (Lipinski definition) is 6. The number of aldehydes is 3. The number of anilines is 1. The Balaban J connectivity index is 1.36. The number of halogens is 3. The van der Waals surface area contributed by atoms with Gasteiger partial charge in [0.1, 0.15) is 24.0 Å². The van der Waals surface area contributed by atoms with Crippen molar-refractivity contribution in [2.75, 3.05) is 25.9 Å². The van der Waals surface area contributed by atoms with Gasteiger partial charge in [-0.1, -0.05) is 18.2 Å². The molecule has 4 rings (SSSR count). The quantitative estimate of drug-likeness (QED) is 0.0444. The summed E-state index contributed by atoms with van der Waals surface area (Å²) in [5.74, 6) is -1.64. The van der Waals surface area contributed by atoms with E-state index in [0.717, 1.165) is 6.20 Å². The van der Waals surface area contributed by atoms with Gasteiger partial charge in [0.25, 0.3) is 11.8 Å². The molecule has 1 aliphatic carbocycles. The van der Waals surface area contributed by atoms with Crippen LogP contribution in [0.2, 0.25) is 0 Å². The summed E-state index contributed by atoms with van der Waals surface area (Å²) < 4.78 is 40.7. The lowest BCUT2D eigenvalue weighted by Gasteiger charge is -2.25. The molecule has 0 spiro atoms. The summed E-state index contributed by atoms with van der Waals surface area (Å²) >= 11 is 0. The average molecular weight is 791 g/mol. The summed E-state index contributed by atoms with van der Waals surface area (Å²) in [4.78, 5) is 79.1. The molecule has 0 aliphatic heterocycles. The Kier molecular flexibility index (Phi) is 14.9. The number of amides is 3. The van der Waals surface area contributed by atoms with Crippen molar-refractivity contribution in [2.45, 2.75) is 76.4 Å². The lowest BCUT2D eigenvalue weighted by atomic mass is 9.83. The number of nitrogens with one attached hydrogen (secondary N) is 4. The highest BCUT2D eigenvalue weighted by Crippen LogP contribution is 2.38. The van der Waals surface area contributed by atoms with Crippen LogP contribution in [0.1, 0.15) is 93.6 Å². The number of nitrogens with zero attached hydrogens (tertiary/aromatic N) is 2. The first-order valence-corrected chi connectivity index (χ1v) is 18.4. The Morgan fingerprint density at radius 3 is 2.30 bits per heavy atom. The smallest absolute Gasteiger partial charge is 0.404 e. The number of carbonyl (C=O) groups is 6. The number of likely N-dealkylation sites (N-methyl/N-ethyl adjacent to an activating group) is 1. The maximum Gasteiger partial charge on any atom is 0.433 e. The van der Waals surface area contributed by atoms with Crippen LogP contribution in [0.5, 0.6) is 0 Å². The first-order chi connectivity index (χ1) is 27.2. The van der Waals surface area contributed by atoms with Crippen molar-refractivity contribution < 1.29 is 41.9 Å². The van der Waals surface area contributed by atoms with Crippen LogP contribution in [0.4, 0.5) is 18.9 Å². The second-order valence-electron chi connectivity index (χ2n) is 13.6. The summed E-state index contributed by atoms with van der Waals surface area (Å²) in [5, 5.41) is 22.4. The number of nitrogen functional groups attached to an aromatic ring is 1. The van der Waals surface area contributed by atoms with Crippen LogP contribution < -0.4 is 22.1 Å². The summed E-state index contributed by atoms with van der Waals surface area (Å²) in [6.07, 6.45) is 0.863. The lowest BCUT2D eigenvalue weighted by Crippen LogP contribution is -2.39. The molecule has 0 radical (unpaired) electrons. The van der Waals surface area contributed by atoms with E-state index in [0.29, 0.717) is 79.5 Å². The molecule has 14 nitrogen and oxygen atoms in total. The Hall–Kier alpha value is -6.26. The Labute approximate surface area is 326 Å². The molecule has 1 aliphatic rings. The minimum Gasteiger partial charge on any atom is -0.404 e. The molecule has 8 N–H and O–H groups in total. The number of benzene rings is 2. The fraction of sp³-hybridized carbons (Fsp3) is 0.375. The van der Waals surface area contributed by atoms with Gasteiger partial charge in [-0.3, -0.25) is 30.0 Å². The predicted octanol–water partition coefficient (Wildman–Crippen LogP) is 4.02. The molecule has 3 amide bonds. The van der Waals surface area contributed by atoms with E-state index < -0.39 is 41.0 Å². The summed E-state index contributed by atoms with van der Waals surface area (Å²) in [6.45, 7) is 0.410. The first kappa shape index (κ1) is 43.5. The molecule has 0 bridgehead atoms. The van der Waals surface area contributed by atoms with Crippen molar-refractivity contribution in [3.63, 3.8) is 0 Å². The van der Waals surface area contributed by atoms with Crippen molar-refractivity contribution in [1.82, 2.24) is 20.5 Å². The third-order valence-electron chi connectivity index (χ3n) is 9.87. The molecule has 2 aromatic carbocycles. The van der Waals surface area contributed by atoms with Crippen LogP contribution in [0.15, 0.2) is 36.5 Å². The summed E-state index contributed by atoms with van der Waals surface area (Å²) in [5.41, 5.74) is 11.3. The van der Waals surface area contributed by atoms with Crippen molar-refractivity contribution in [3.8, 4) is 0 Å². The molecule has 3 aromatic rings. The van der Waals surface area contributed by atoms with E-state index in [1.54, 1.807) is 12.1 Å². The molecule has 0 saturated heterocycles. The number of allylic oxidation sites excluding steroid dienone is 1. The number of nitrogens with two attached hydrogens (primary N) is 2. The molecule has 1 heterocycles. The van der Waals surface area contributed by atoms with Gasteiger partial charge in [0.05, 0.1) is 22.8 Å². The van der Waals surface area contributed by atoms with E-state index >= 15 is 0 Å². The van der Waals surface area contributed by atoms with E-state index in [1.807, 2.05) is 0 Å². The second kappa shape index (κ2) is 19.6. The molecule has 57 heavy (non-hydrogen) atoms. The van der Waals surface area contributed by atoms with Crippen LogP contribution >= 0.6 is 0 Å². The highest BCUT2D eigenvalue weighted by atomic mass is 19.4. The van der Waals surface area contributed by atoms with Gasteiger partial charge in [-0.2, -0.15) is 13.2 Å². The van der Waals surface area contributed by atoms with Crippen molar-refractivity contribution in [3.05, 3.63) is 75.6 Å². The fourth-order valence-electron chi connectivity index (χ4n) is 6.89. The Morgan fingerprint density at radius 1 is 0.982 bits per heavy atom. The fourth-order valence-corrected chi connectivity index (χ4v) is 6.89. The van der Waals surface area contributed by atoms with Crippen molar-refractivity contribution in [1.29, 1.82) is 10.8 Å². The zero-order chi connectivity index (χ0) is 41.9. The van der Waals surface area contributed by atoms with Crippen molar-refractivity contribution >= 4 is 70.2 Å². The Bertz CT molecular complexity index is 2120. The number of aromatic nitrogens is 1. The third kappa shape index (κ3) is 10.1. The molecule has 0 saturated carbocycles. The molecular formula is C40H45F3N8O6. The van der Waals surface area contributed by atoms with Gasteiger partial charge < -0.3 is 36.6 Å². The molecule has 0 fully saturated rings. The van der Waals surface area contributed by atoms with Gasteiger partial charge in [0.2, 0.25) is 5.91 Å². The molecule has 1 atom stereocenters. The van der Waals surface area contributed by atoms with Gasteiger partial charge in [-0.25, -0.2) is 4.98 Å². The normalized spacial score (nSPS) is 13.2. The van der Waals surface area contributed by atoms with Crippen molar-refractivity contribution in [2.24, 2.45) is 5.73 Å². The van der Waals surface area contributed by atoms with Gasteiger partial charge in [-0.05, 0) is 80.2 Å². The molecule has 17 heteroatoms. The molecule has 302 valence electrons. The first-order valence-electron chi connectivity index (χ1n) is 18.4. The van der Waals surface area contributed by atoms with Gasteiger partial charge >= 0.3 is 6.18 Å². The number of hydrogen-bond acceptors (Lipinski definition) is 11. The van der Waals surface area contributed by atoms with E-state index in [4.69, 9.17) is 22.3 Å². The lowest BCUT2D eigenvalue weighted by molar-refractivity contribution is -0.121. The Morgan fingerprint density at radius 2 is 1.67 bits per heavy atom. The minimum atomic E-state index is -4.96. The number of rotatable bonds is 19. The van der Waals surface area contributed by atoms with Crippen LogP contribution in [-0.2, 0) is 38.4 Å². The molecule has 1 unspecified atom stereocenters. The van der Waals surface area contributed by atoms with Crippen LogP contribution in [-0.4, -0.2) is 90.2 Å². The highest BCUT2D eigenvalue weighted by molar-refractivity contribution is 6.47. The maximum absolute atomic E-state index is 13.6. The summed E-state index contributed by atoms with van der Waals surface area (Å²) in [6, 6.07) is 6.73. The molecule has 1 aromatic heterocycles. The SMILES string of the molecule is CN(C(=O)c1c(C=O)cccc1CCC(=O)NCCCCNC(=O)C(=N)c1c(N)ccc2nc(/C(=C/N)C(=N)C(F)(F)F)c3c(c12)CCCC3)C(C=O)CCC=O. The van der Waals surface area contributed by atoms with E-state index in [9.17, 15) is 41.9 Å². The number of aryl methyl sites for hydroxylation is 2. The van der Waals surface area contributed by atoms with Crippen LogP contribution in [0, 0.1) is 10.8 Å². The standard InChI is InChI=1S/C40H45F3N8O6/c1-51(25(22-54)10-7-19-52)39(57)32-23(8-6-9-24(32)21-53)13-16-31(55)48-17-4-5-18-49-38(56)35(46)34-29(45)14-15-30-33(34)26-11-2-3-12-27(26)36(50-30)28(20-44)37(47)40(41,42)43/h6,8-9,14-15,19-22,25,46-47H,2-5,7,10-13,16-18,44-45H2,1H3,(H,48,55)(H,49,56)/b28-20-,46-35?,47-37?. The highest BCUT2D eigenvalue weighted by Gasteiger charge is 2.39. The monoisotopic (exact) mass is 790 g/mol. The number of fused-ring (bicyclic) bond motifs is 3. The number of alkyl halides is 3. The zero-order valence-corrected chi connectivity index (χ0v) is 31.4. The van der Waals surface area contributed by atoms with Crippen LogP contribution in [0.25, 0.3) is 16.5 Å². The minimum absolute atomic E-state index is 0.0103. The predicted molar refractivity (Wildman–Crippen MR) is 208 cm³/mol. The second-order valence-corrected chi connectivity index (χ2v) is 13.6. The van der Waals surface area contributed by atoms with E-state index in [1.165, 1.54) is 30.1 Å².